The van der Waals surface area contributed by atoms with E-state index in [-0.39, 0.29) is 16.9 Å². The summed E-state index contributed by atoms with van der Waals surface area (Å²) in [6.07, 6.45) is 2.94. The monoisotopic (exact) mass is 256 g/mol. The molecular formula is C15H16N2O2. The number of hydrogen-bond acceptors (Lipinski definition) is 2. The maximum Gasteiger partial charge on any atom is 0.263 e. The summed E-state index contributed by atoms with van der Waals surface area (Å²) in [5.74, 6) is -0.313. The van der Waals surface area contributed by atoms with Crippen molar-refractivity contribution in [1.82, 2.24) is 4.98 Å². The molecule has 0 spiro atoms. The van der Waals surface area contributed by atoms with E-state index in [9.17, 15) is 9.59 Å². The van der Waals surface area contributed by atoms with Crippen LogP contribution in [0.25, 0.3) is 0 Å². The fourth-order valence-corrected chi connectivity index (χ4v) is 2.03. The van der Waals surface area contributed by atoms with Gasteiger partial charge >= 0.3 is 0 Å². The van der Waals surface area contributed by atoms with Crippen LogP contribution in [0.5, 0.6) is 0 Å². The fourth-order valence-electron chi connectivity index (χ4n) is 2.03. The molecule has 1 amide bonds. The van der Waals surface area contributed by atoms with Crippen molar-refractivity contribution in [3.8, 4) is 0 Å². The van der Waals surface area contributed by atoms with Crippen molar-refractivity contribution in [3.05, 3.63) is 63.6 Å². The number of carbonyl (C=O) groups excluding carboxylic acids is 1. The Morgan fingerprint density at radius 3 is 2.37 bits per heavy atom. The number of pyridine rings is 1. The number of hydrogen-bond donors (Lipinski definition) is 1. The van der Waals surface area contributed by atoms with Crippen molar-refractivity contribution in [2.45, 2.75) is 13.8 Å². The van der Waals surface area contributed by atoms with Gasteiger partial charge in [0.1, 0.15) is 5.56 Å². The highest BCUT2D eigenvalue weighted by atomic mass is 16.2. The molecule has 0 aliphatic heterocycles. The van der Waals surface area contributed by atoms with Gasteiger partial charge in [-0.15, -0.1) is 0 Å². The van der Waals surface area contributed by atoms with E-state index in [1.807, 2.05) is 32.0 Å². The minimum Gasteiger partial charge on any atom is -0.367 e. The van der Waals surface area contributed by atoms with Gasteiger partial charge in [-0.3, -0.25) is 9.59 Å². The van der Waals surface area contributed by atoms with E-state index in [1.54, 1.807) is 7.05 Å². The molecule has 1 aromatic carbocycles. The molecule has 1 aromatic heterocycles. The van der Waals surface area contributed by atoms with E-state index in [0.717, 1.165) is 16.8 Å². The van der Waals surface area contributed by atoms with Gasteiger partial charge in [0, 0.05) is 31.2 Å². The predicted molar refractivity (Wildman–Crippen MR) is 75.7 cm³/mol. The van der Waals surface area contributed by atoms with Crippen LogP contribution in [0.4, 0.5) is 5.69 Å². The molecule has 2 rings (SSSR count). The number of benzene rings is 1. The van der Waals surface area contributed by atoms with Gasteiger partial charge in [-0.25, -0.2) is 0 Å². The molecule has 0 saturated heterocycles. The minimum atomic E-state index is -0.313. The van der Waals surface area contributed by atoms with E-state index in [1.165, 1.54) is 23.4 Å². The first-order chi connectivity index (χ1) is 8.99. The molecule has 0 saturated carbocycles. The number of aromatic amines is 1. The number of rotatable bonds is 2. The molecule has 0 radical (unpaired) electrons. The van der Waals surface area contributed by atoms with Crippen LogP contribution in [0.1, 0.15) is 21.5 Å². The number of aromatic nitrogens is 1. The summed E-state index contributed by atoms with van der Waals surface area (Å²) < 4.78 is 0. The summed E-state index contributed by atoms with van der Waals surface area (Å²) in [7, 11) is 1.67. The second kappa shape index (κ2) is 5.10. The first kappa shape index (κ1) is 13.1. The molecule has 0 aliphatic carbocycles. The molecule has 4 nitrogen and oxygen atoms in total. The van der Waals surface area contributed by atoms with E-state index in [4.69, 9.17) is 0 Å². The molecule has 1 N–H and O–H groups in total. The zero-order valence-corrected chi connectivity index (χ0v) is 11.2. The number of carbonyl (C=O) groups is 1. The molecule has 1 heterocycles. The maximum absolute atomic E-state index is 12.3. The predicted octanol–water partition coefficient (Wildman–Crippen LogP) is 2.27. The van der Waals surface area contributed by atoms with Gasteiger partial charge in [-0.1, -0.05) is 6.07 Å². The quantitative estimate of drug-likeness (QED) is 0.896. The third kappa shape index (κ3) is 2.73. The van der Waals surface area contributed by atoms with E-state index < -0.39 is 0 Å². The van der Waals surface area contributed by atoms with Gasteiger partial charge < -0.3 is 9.88 Å². The number of nitrogens with one attached hydrogen (secondary N) is 1. The smallest absolute Gasteiger partial charge is 0.263 e. The highest BCUT2D eigenvalue weighted by molar-refractivity contribution is 6.05. The lowest BCUT2D eigenvalue weighted by molar-refractivity contribution is 0.0991. The van der Waals surface area contributed by atoms with Crippen LogP contribution in [0.2, 0.25) is 0 Å². The Balaban J connectivity index is 2.39. The molecule has 4 heteroatoms. The first-order valence-corrected chi connectivity index (χ1v) is 6.02. The Morgan fingerprint density at radius 2 is 1.79 bits per heavy atom. The highest BCUT2D eigenvalue weighted by Crippen LogP contribution is 2.18. The van der Waals surface area contributed by atoms with Crippen molar-refractivity contribution in [3.63, 3.8) is 0 Å². The van der Waals surface area contributed by atoms with Gasteiger partial charge in [0.05, 0.1) is 0 Å². The summed E-state index contributed by atoms with van der Waals surface area (Å²) in [4.78, 5) is 28.2. The molecule has 2 aromatic rings. The van der Waals surface area contributed by atoms with Crippen LogP contribution in [-0.2, 0) is 0 Å². The molecule has 0 atom stereocenters. The lowest BCUT2D eigenvalue weighted by Gasteiger charge is -2.18. The van der Waals surface area contributed by atoms with Crippen LogP contribution in [0.15, 0.2) is 41.5 Å². The molecule has 19 heavy (non-hydrogen) atoms. The van der Waals surface area contributed by atoms with Crippen LogP contribution >= 0.6 is 0 Å². The molecule has 0 aliphatic rings. The summed E-state index contributed by atoms with van der Waals surface area (Å²) in [5, 5.41) is 0. The highest BCUT2D eigenvalue weighted by Gasteiger charge is 2.16. The first-order valence-electron chi connectivity index (χ1n) is 6.02. The topological polar surface area (TPSA) is 53.2 Å². The molecule has 0 unspecified atom stereocenters. The van der Waals surface area contributed by atoms with Crippen molar-refractivity contribution in [1.29, 1.82) is 0 Å². The van der Waals surface area contributed by atoms with Crippen LogP contribution in [-0.4, -0.2) is 17.9 Å². The van der Waals surface area contributed by atoms with E-state index >= 15 is 0 Å². The molecule has 0 fully saturated rings. The zero-order chi connectivity index (χ0) is 14.0. The van der Waals surface area contributed by atoms with E-state index in [0.29, 0.717) is 0 Å². The number of aryl methyl sites for hydroxylation is 2. The third-order valence-corrected chi connectivity index (χ3v) is 2.95. The van der Waals surface area contributed by atoms with Crippen molar-refractivity contribution < 1.29 is 4.79 Å². The largest absolute Gasteiger partial charge is 0.367 e. The Morgan fingerprint density at radius 1 is 1.16 bits per heavy atom. The van der Waals surface area contributed by atoms with E-state index in [2.05, 4.69) is 4.98 Å². The average molecular weight is 256 g/mol. The molecule has 98 valence electrons. The lowest BCUT2D eigenvalue weighted by Crippen LogP contribution is -2.30. The summed E-state index contributed by atoms with van der Waals surface area (Å²) >= 11 is 0. The average Bonchev–Trinajstić information content (AvgIpc) is 2.36. The van der Waals surface area contributed by atoms with Crippen molar-refractivity contribution in [2.24, 2.45) is 0 Å². The zero-order valence-electron chi connectivity index (χ0n) is 11.2. The van der Waals surface area contributed by atoms with Crippen molar-refractivity contribution >= 4 is 11.6 Å². The summed E-state index contributed by atoms with van der Waals surface area (Å²) in [6.45, 7) is 3.95. The van der Waals surface area contributed by atoms with Gasteiger partial charge in [-0.2, -0.15) is 0 Å². The van der Waals surface area contributed by atoms with Crippen molar-refractivity contribution in [2.75, 3.05) is 11.9 Å². The summed E-state index contributed by atoms with van der Waals surface area (Å²) in [5.41, 5.74) is 2.81. The fraction of sp³-hybridized carbons (Fsp3) is 0.200. The lowest BCUT2D eigenvalue weighted by atomic mass is 10.1. The Hall–Kier alpha value is -2.36. The number of amides is 1. The number of H-pyrrole nitrogens is 1. The Kier molecular flexibility index (Phi) is 3.51. The van der Waals surface area contributed by atoms with Crippen LogP contribution < -0.4 is 10.3 Å². The Bertz CT molecular complexity index is 654. The van der Waals surface area contributed by atoms with Gasteiger partial charge in [0.15, 0.2) is 5.43 Å². The van der Waals surface area contributed by atoms with Crippen LogP contribution in [0.3, 0.4) is 0 Å². The molecular weight excluding hydrogens is 240 g/mol. The summed E-state index contributed by atoms with van der Waals surface area (Å²) in [6, 6.07) is 7.23. The molecule has 0 bridgehead atoms. The standard InChI is InChI=1S/C15H16N2O2/c1-10-6-11(2)8-12(7-10)17(3)15(19)13-9-16-5-4-14(13)18/h4-9H,1-3H3,(H,16,18). The van der Waals surface area contributed by atoms with Gasteiger partial charge in [-0.05, 0) is 37.1 Å². The Labute approximate surface area is 111 Å². The SMILES string of the molecule is Cc1cc(C)cc(N(C)C(=O)c2c[nH]ccc2=O)c1. The third-order valence-electron chi connectivity index (χ3n) is 2.95. The van der Waals surface area contributed by atoms with Crippen LogP contribution in [0, 0.1) is 13.8 Å². The second-order valence-corrected chi connectivity index (χ2v) is 4.63. The van der Waals surface area contributed by atoms with Gasteiger partial charge in [0.25, 0.3) is 5.91 Å². The normalized spacial score (nSPS) is 10.3. The number of anilines is 1. The maximum atomic E-state index is 12.3. The van der Waals surface area contributed by atoms with Gasteiger partial charge in [0.2, 0.25) is 0 Å². The number of nitrogens with zero attached hydrogens (tertiary/aromatic N) is 1. The second-order valence-electron chi connectivity index (χ2n) is 4.63. The minimum absolute atomic E-state index is 0.143.